The number of nitrogens with one attached hydrogen (secondary N) is 2. The summed E-state index contributed by atoms with van der Waals surface area (Å²) in [6.45, 7) is 3.17. The van der Waals surface area contributed by atoms with Crippen LogP contribution in [0, 0.1) is 11.8 Å². The average molecular weight is 247 g/mol. The van der Waals surface area contributed by atoms with E-state index in [4.69, 9.17) is 0 Å². The second-order valence-corrected chi connectivity index (χ2v) is 4.92. The third-order valence-electron chi connectivity index (χ3n) is 3.74. The zero-order chi connectivity index (χ0) is 10.5. The van der Waals surface area contributed by atoms with Crippen molar-refractivity contribution in [3.8, 4) is 0 Å². The molecule has 0 aromatic carbocycles. The van der Waals surface area contributed by atoms with Gasteiger partial charge in [0.15, 0.2) is 0 Å². The van der Waals surface area contributed by atoms with Gasteiger partial charge >= 0.3 is 0 Å². The second kappa shape index (κ2) is 7.13. The summed E-state index contributed by atoms with van der Waals surface area (Å²) in [6, 6.07) is 0. The van der Waals surface area contributed by atoms with Crippen LogP contribution in [0.1, 0.15) is 38.5 Å². The van der Waals surface area contributed by atoms with Crippen LogP contribution in [0.4, 0.5) is 0 Å². The van der Waals surface area contributed by atoms with Gasteiger partial charge in [-0.1, -0.05) is 12.8 Å². The molecule has 1 amide bonds. The maximum Gasteiger partial charge on any atom is 0.223 e. The molecule has 94 valence electrons. The average Bonchev–Trinajstić information content (AvgIpc) is 2.90. The lowest BCUT2D eigenvalue weighted by atomic mass is 10.0. The Hall–Kier alpha value is -0.280. The molecule has 2 fully saturated rings. The molecule has 0 spiro atoms. The number of rotatable bonds is 4. The maximum absolute atomic E-state index is 11.7. The molecule has 0 bridgehead atoms. The van der Waals surface area contributed by atoms with Crippen molar-refractivity contribution in [2.24, 2.45) is 11.8 Å². The third-order valence-corrected chi connectivity index (χ3v) is 3.74. The zero-order valence-electron chi connectivity index (χ0n) is 9.84. The summed E-state index contributed by atoms with van der Waals surface area (Å²) in [5.41, 5.74) is 0. The molecule has 4 heteroatoms. The molecule has 1 unspecified atom stereocenters. The molecule has 0 aromatic rings. The van der Waals surface area contributed by atoms with Gasteiger partial charge in [0.25, 0.3) is 0 Å². The number of carbonyl (C=O) groups is 1. The van der Waals surface area contributed by atoms with E-state index in [1.165, 1.54) is 19.3 Å². The zero-order valence-corrected chi connectivity index (χ0v) is 10.7. The summed E-state index contributed by atoms with van der Waals surface area (Å²) in [5.74, 6) is 1.42. The minimum atomic E-state index is 0. The number of hydrogen-bond donors (Lipinski definition) is 2. The highest BCUT2D eigenvalue weighted by atomic mass is 35.5. The molecule has 2 N–H and O–H groups in total. The fraction of sp³-hybridized carbons (Fsp3) is 0.917. The van der Waals surface area contributed by atoms with Gasteiger partial charge in [-0.25, -0.2) is 0 Å². The highest BCUT2D eigenvalue weighted by molar-refractivity contribution is 5.85. The predicted octanol–water partition coefficient (Wildman–Crippen LogP) is 1.71. The molecule has 1 saturated heterocycles. The van der Waals surface area contributed by atoms with Crippen molar-refractivity contribution < 1.29 is 4.79 Å². The maximum atomic E-state index is 11.7. The Morgan fingerprint density at radius 3 is 2.62 bits per heavy atom. The molecule has 0 radical (unpaired) electrons. The van der Waals surface area contributed by atoms with E-state index in [1.807, 2.05) is 0 Å². The fourth-order valence-corrected chi connectivity index (χ4v) is 2.69. The fourth-order valence-electron chi connectivity index (χ4n) is 2.69. The molecule has 1 heterocycles. The van der Waals surface area contributed by atoms with Crippen LogP contribution < -0.4 is 10.6 Å². The van der Waals surface area contributed by atoms with Gasteiger partial charge in [-0.3, -0.25) is 4.79 Å². The van der Waals surface area contributed by atoms with Gasteiger partial charge in [-0.05, 0) is 44.7 Å². The van der Waals surface area contributed by atoms with E-state index in [0.717, 1.165) is 44.8 Å². The summed E-state index contributed by atoms with van der Waals surface area (Å²) in [5, 5.41) is 6.44. The Balaban J connectivity index is 0.00000128. The lowest BCUT2D eigenvalue weighted by Gasteiger charge is -2.12. The van der Waals surface area contributed by atoms with Crippen molar-refractivity contribution in [3.05, 3.63) is 0 Å². The summed E-state index contributed by atoms with van der Waals surface area (Å²) in [7, 11) is 0. The highest BCUT2D eigenvalue weighted by Gasteiger charge is 2.22. The number of amides is 1. The van der Waals surface area contributed by atoms with Crippen molar-refractivity contribution >= 4 is 18.3 Å². The number of hydrogen-bond acceptors (Lipinski definition) is 2. The summed E-state index contributed by atoms with van der Waals surface area (Å²) in [6.07, 6.45) is 7.12. The third kappa shape index (κ3) is 3.95. The Kier molecular flexibility index (Phi) is 6.14. The molecular formula is C12H23ClN2O. The van der Waals surface area contributed by atoms with Crippen molar-refractivity contribution in [2.75, 3.05) is 19.6 Å². The van der Waals surface area contributed by atoms with Gasteiger partial charge < -0.3 is 10.6 Å². The highest BCUT2D eigenvalue weighted by Crippen LogP contribution is 2.24. The Morgan fingerprint density at radius 2 is 2.00 bits per heavy atom. The minimum Gasteiger partial charge on any atom is -0.356 e. The van der Waals surface area contributed by atoms with E-state index in [1.54, 1.807) is 0 Å². The first kappa shape index (κ1) is 13.8. The van der Waals surface area contributed by atoms with Crippen molar-refractivity contribution in [1.29, 1.82) is 0 Å². The van der Waals surface area contributed by atoms with Gasteiger partial charge in [0.1, 0.15) is 0 Å². The Labute approximate surface area is 104 Å². The van der Waals surface area contributed by atoms with E-state index < -0.39 is 0 Å². The summed E-state index contributed by atoms with van der Waals surface area (Å²) >= 11 is 0. The van der Waals surface area contributed by atoms with Crippen molar-refractivity contribution in [2.45, 2.75) is 38.5 Å². The molecule has 3 nitrogen and oxygen atoms in total. The van der Waals surface area contributed by atoms with Crippen LogP contribution in [0.3, 0.4) is 0 Å². The van der Waals surface area contributed by atoms with Gasteiger partial charge in [0.05, 0.1) is 0 Å². The predicted molar refractivity (Wildman–Crippen MR) is 67.8 cm³/mol. The van der Waals surface area contributed by atoms with Crippen LogP contribution in [0.5, 0.6) is 0 Å². The number of halogens is 1. The van der Waals surface area contributed by atoms with Gasteiger partial charge in [-0.15, -0.1) is 12.4 Å². The Bertz CT molecular complexity index is 211. The molecule has 1 aliphatic heterocycles. The minimum absolute atomic E-state index is 0. The molecule has 0 aromatic heterocycles. The van der Waals surface area contributed by atoms with E-state index >= 15 is 0 Å². The quantitative estimate of drug-likeness (QED) is 0.793. The van der Waals surface area contributed by atoms with Crippen molar-refractivity contribution in [3.63, 3.8) is 0 Å². The Morgan fingerprint density at radius 1 is 1.25 bits per heavy atom. The topological polar surface area (TPSA) is 41.1 Å². The number of carbonyl (C=O) groups excluding carboxylic acids is 1. The molecule has 16 heavy (non-hydrogen) atoms. The van der Waals surface area contributed by atoms with Crippen LogP contribution >= 0.6 is 12.4 Å². The first-order valence-electron chi connectivity index (χ1n) is 6.34. The van der Waals surface area contributed by atoms with Gasteiger partial charge in [0.2, 0.25) is 5.91 Å². The monoisotopic (exact) mass is 246 g/mol. The van der Waals surface area contributed by atoms with E-state index in [-0.39, 0.29) is 12.4 Å². The first-order valence-corrected chi connectivity index (χ1v) is 6.34. The summed E-state index contributed by atoms with van der Waals surface area (Å²) in [4.78, 5) is 11.7. The van der Waals surface area contributed by atoms with E-state index in [9.17, 15) is 4.79 Å². The molecule has 2 rings (SSSR count). The second-order valence-electron chi connectivity index (χ2n) is 4.92. The van der Waals surface area contributed by atoms with Crippen LogP contribution in [0.2, 0.25) is 0 Å². The van der Waals surface area contributed by atoms with Crippen LogP contribution in [-0.2, 0) is 4.79 Å². The van der Waals surface area contributed by atoms with Crippen molar-refractivity contribution in [1.82, 2.24) is 10.6 Å². The van der Waals surface area contributed by atoms with E-state index in [2.05, 4.69) is 10.6 Å². The lowest BCUT2D eigenvalue weighted by Crippen LogP contribution is -2.31. The van der Waals surface area contributed by atoms with Gasteiger partial charge in [-0.2, -0.15) is 0 Å². The SMILES string of the molecule is Cl.O=C(NCCC1CCNC1)C1CCCC1. The summed E-state index contributed by atoms with van der Waals surface area (Å²) < 4.78 is 0. The standard InChI is InChI=1S/C12H22N2O.ClH/c15-12(11-3-1-2-4-11)14-8-6-10-5-7-13-9-10;/h10-11,13H,1-9H2,(H,14,15);1H. The van der Waals surface area contributed by atoms with Gasteiger partial charge in [0, 0.05) is 12.5 Å². The normalized spacial score (nSPS) is 25.4. The molecular weight excluding hydrogens is 224 g/mol. The largest absolute Gasteiger partial charge is 0.356 e. The van der Waals surface area contributed by atoms with E-state index in [0.29, 0.717) is 11.8 Å². The lowest BCUT2D eigenvalue weighted by molar-refractivity contribution is -0.124. The van der Waals surface area contributed by atoms with Crippen LogP contribution in [0.15, 0.2) is 0 Å². The van der Waals surface area contributed by atoms with Crippen LogP contribution in [-0.4, -0.2) is 25.5 Å². The molecule has 2 aliphatic rings. The molecule has 1 atom stereocenters. The molecule has 1 saturated carbocycles. The smallest absolute Gasteiger partial charge is 0.223 e. The first-order chi connectivity index (χ1) is 7.36. The molecule has 1 aliphatic carbocycles. The van der Waals surface area contributed by atoms with Crippen LogP contribution in [0.25, 0.3) is 0 Å².